The number of hydrogen-bond acceptors (Lipinski definition) is 11. The molecule has 8 N–H and O–H groups in total. The molecule has 3 heterocycles. The van der Waals surface area contributed by atoms with Gasteiger partial charge < -0.3 is 45.7 Å². The second-order valence-electron chi connectivity index (χ2n) is 12.9. The van der Waals surface area contributed by atoms with Crippen molar-refractivity contribution < 1.29 is 40.2 Å². The molecule has 4 atom stereocenters. The van der Waals surface area contributed by atoms with Crippen LogP contribution in [0.25, 0.3) is 33.5 Å². The SMILES string of the molecule is Cc1ccc(Oc2nc3nc(-c4ccc(-c5ccc(CN6CC(CNC[C@H](O)[C@@H](O)[C@H](O)[C@H](O)CO)C6)cc5)cc4)c(Cl)cc3[nH]2)cc1C(=O)O. The highest BCUT2D eigenvalue weighted by Gasteiger charge is 2.31. The van der Waals surface area contributed by atoms with Gasteiger partial charge in [0.15, 0.2) is 5.65 Å². The van der Waals surface area contributed by atoms with E-state index in [9.17, 15) is 30.3 Å². The number of ether oxygens (including phenoxy) is 1. The summed E-state index contributed by atoms with van der Waals surface area (Å²) in [6.07, 6.45) is -5.97. The summed E-state index contributed by atoms with van der Waals surface area (Å²) in [5, 5.41) is 61.0. The number of carboxylic acid groups (broad SMARTS) is 1. The lowest BCUT2D eigenvalue weighted by Crippen LogP contribution is -2.52. The van der Waals surface area contributed by atoms with Crippen LogP contribution in [0.3, 0.4) is 0 Å². The van der Waals surface area contributed by atoms with Crippen molar-refractivity contribution in [2.24, 2.45) is 5.92 Å². The van der Waals surface area contributed by atoms with Crippen molar-refractivity contribution in [1.82, 2.24) is 25.2 Å². The molecular formula is C37H40ClN5O8. The molecule has 268 valence electrons. The highest BCUT2D eigenvalue weighted by Crippen LogP contribution is 2.32. The number of nitrogens with one attached hydrogen (secondary N) is 2. The third-order valence-corrected chi connectivity index (χ3v) is 9.34. The topological polar surface area (TPSA) is 205 Å². The molecule has 0 aliphatic carbocycles. The number of carboxylic acids is 1. The molecule has 1 aliphatic heterocycles. The Labute approximate surface area is 298 Å². The number of benzene rings is 3. The lowest BCUT2D eigenvalue weighted by Gasteiger charge is -2.39. The number of aromatic carboxylic acids is 1. The summed E-state index contributed by atoms with van der Waals surface area (Å²) >= 11 is 6.63. The maximum Gasteiger partial charge on any atom is 0.336 e. The summed E-state index contributed by atoms with van der Waals surface area (Å²) in [4.78, 5) is 26.0. The number of imidazole rings is 1. The minimum absolute atomic E-state index is 0.0584. The van der Waals surface area contributed by atoms with Crippen molar-refractivity contribution in [1.29, 1.82) is 0 Å². The zero-order valence-corrected chi connectivity index (χ0v) is 28.5. The number of halogens is 1. The molecule has 0 saturated carbocycles. The summed E-state index contributed by atoms with van der Waals surface area (Å²) in [6.45, 7) is 4.29. The highest BCUT2D eigenvalue weighted by molar-refractivity contribution is 6.33. The normalized spacial score (nSPS) is 16.1. The quantitative estimate of drug-likeness (QED) is 0.0787. The number of aliphatic hydroxyl groups is 5. The Morgan fingerprint density at radius 1 is 0.941 bits per heavy atom. The van der Waals surface area contributed by atoms with Gasteiger partial charge in [-0.2, -0.15) is 4.98 Å². The van der Waals surface area contributed by atoms with Gasteiger partial charge in [0, 0.05) is 38.3 Å². The number of hydrogen-bond donors (Lipinski definition) is 8. The molecule has 0 bridgehead atoms. The second-order valence-corrected chi connectivity index (χ2v) is 13.3. The average molecular weight is 718 g/mol. The molecule has 6 rings (SSSR count). The van der Waals surface area contributed by atoms with Crippen LogP contribution in [0.2, 0.25) is 5.02 Å². The van der Waals surface area contributed by atoms with Crippen LogP contribution in [0, 0.1) is 12.8 Å². The van der Waals surface area contributed by atoms with Crippen LogP contribution in [0.5, 0.6) is 11.8 Å². The average Bonchev–Trinajstić information content (AvgIpc) is 3.50. The van der Waals surface area contributed by atoms with Gasteiger partial charge in [0.1, 0.15) is 24.1 Å². The van der Waals surface area contributed by atoms with E-state index in [0.29, 0.717) is 45.7 Å². The van der Waals surface area contributed by atoms with E-state index in [1.54, 1.807) is 25.1 Å². The minimum atomic E-state index is -1.63. The Morgan fingerprint density at radius 2 is 1.59 bits per heavy atom. The van der Waals surface area contributed by atoms with Crippen LogP contribution in [0.4, 0.5) is 0 Å². The number of H-pyrrole nitrogens is 1. The van der Waals surface area contributed by atoms with Crippen molar-refractivity contribution in [3.8, 4) is 34.1 Å². The molecule has 14 heteroatoms. The molecule has 1 saturated heterocycles. The zero-order chi connectivity index (χ0) is 36.2. The van der Waals surface area contributed by atoms with Gasteiger partial charge in [0.2, 0.25) is 0 Å². The number of likely N-dealkylation sites (tertiary alicyclic amines) is 1. The lowest BCUT2D eigenvalue weighted by atomic mass is 9.97. The number of aliphatic hydroxyl groups excluding tert-OH is 5. The highest BCUT2D eigenvalue weighted by atomic mass is 35.5. The van der Waals surface area contributed by atoms with Gasteiger partial charge in [0.05, 0.1) is 34.5 Å². The van der Waals surface area contributed by atoms with E-state index in [0.717, 1.165) is 36.3 Å². The molecule has 5 aromatic rings. The van der Waals surface area contributed by atoms with Crippen LogP contribution in [0.1, 0.15) is 21.5 Å². The largest absolute Gasteiger partial charge is 0.478 e. The molecule has 2 aromatic heterocycles. The Bertz CT molecular complexity index is 1970. The number of aromatic nitrogens is 3. The Kier molecular flexibility index (Phi) is 11.3. The van der Waals surface area contributed by atoms with Crippen LogP contribution >= 0.6 is 11.6 Å². The zero-order valence-electron chi connectivity index (χ0n) is 27.8. The smallest absolute Gasteiger partial charge is 0.336 e. The predicted molar refractivity (Wildman–Crippen MR) is 191 cm³/mol. The first-order valence-corrected chi connectivity index (χ1v) is 16.9. The minimum Gasteiger partial charge on any atom is -0.478 e. The number of pyridine rings is 1. The summed E-state index contributed by atoms with van der Waals surface area (Å²) < 4.78 is 5.79. The van der Waals surface area contributed by atoms with Gasteiger partial charge in [0.25, 0.3) is 0 Å². The van der Waals surface area contributed by atoms with Crippen molar-refractivity contribution >= 4 is 28.7 Å². The van der Waals surface area contributed by atoms with Gasteiger partial charge in [-0.1, -0.05) is 66.2 Å². The van der Waals surface area contributed by atoms with E-state index in [1.807, 2.05) is 24.3 Å². The van der Waals surface area contributed by atoms with Crippen molar-refractivity contribution in [2.75, 3.05) is 32.8 Å². The molecule has 13 nitrogen and oxygen atoms in total. The Morgan fingerprint density at radius 3 is 2.25 bits per heavy atom. The molecule has 51 heavy (non-hydrogen) atoms. The van der Waals surface area contributed by atoms with E-state index in [2.05, 4.69) is 49.4 Å². The third-order valence-electron chi connectivity index (χ3n) is 9.06. The first-order valence-electron chi connectivity index (χ1n) is 16.5. The maximum absolute atomic E-state index is 11.5. The monoisotopic (exact) mass is 717 g/mol. The number of aryl methyl sites for hydroxylation is 1. The number of rotatable bonds is 15. The summed E-state index contributed by atoms with van der Waals surface area (Å²) in [6, 6.07) is 23.1. The van der Waals surface area contributed by atoms with Crippen molar-refractivity contribution in [2.45, 2.75) is 37.9 Å². The lowest BCUT2D eigenvalue weighted by molar-refractivity contribution is -0.114. The summed E-state index contributed by atoms with van der Waals surface area (Å²) in [5.41, 5.74) is 6.45. The van der Waals surface area contributed by atoms with Gasteiger partial charge in [-0.3, -0.25) is 4.90 Å². The van der Waals surface area contributed by atoms with E-state index in [-0.39, 0.29) is 18.1 Å². The van der Waals surface area contributed by atoms with E-state index in [4.69, 9.17) is 21.4 Å². The standard InChI is InChI=1S/C37H40ClN5O8/c1-20-2-11-26(12-27(20)36(49)50)51-37-40-29-13-28(38)32(41-35(29)42-37)25-9-7-24(8-10-25)23-5-3-21(4-6-23)16-43-17-22(18-43)14-39-15-30(45)33(47)34(48)31(46)19-44/h2-13,22,30-31,33-34,39,44-48H,14-19H2,1H3,(H,49,50)(H,40,41,42)/t30-,31+,33+,34+/m0/s1. The fraction of sp³-hybridized carbons (Fsp3) is 0.324. The van der Waals surface area contributed by atoms with Crippen LogP contribution in [0.15, 0.2) is 72.8 Å². The molecule has 0 spiro atoms. The molecule has 3 aromatic carbocycles. The molecule has 0 unspecified atom stereocenters. The molecule has 1 aliphatic rings. The number of fused-ring (bicyclic) bond motifs is 1. The maximum atomic E-state index is 11.5. The molecule has 0 radical (unpaired) electrons. The first-order chi connectivity index (χ1) is 24.5. The first kappa shape index (κ1) is 36.4. The number of carbonyl (C=O) groups is 1. The predicted octanol–water partition coefficient (Wildman–Crippen LogP) is 3.20. The summed E-state index contributed by atoms with van der Waals surface area (Å²) in [7, 11) is 0. The Balaban J connectivity index is 1.00. The third kappa shape index (κ3) is 8.55. The summed E-state index contributed by atoms with van der Waals surface area (Å²) in [5.74, 6) is -0.316. The fourth-order valence-electron chi connectivity index (χ4n) is 6.09. The van der Waals surface area contributed by atoms with Gasteiger partial charge >= 0.3 is 12.0 Å². The number of nitrogens with zero attached hydrogens (tertiary/aromatic N) is 3. The van der Waals surface area contributed by atoms with Gasteiger partial charge in [-0.15, -0.1) is 0 Å². The van der Waals surface area contributed by atoms with Crippen LogP contribution in [-0.4, -0.2) is 114 Å². The van der Waals surface area contributed by atoms with Crippen LogP contribution in [-0.2, 0) is 6.54 Å². The second kappa shape index (κ2) is 15.8. The van der Waals surface area contributed by atoms with Gasteiger partial charge in [-0.25, -0.2) is 9.78 Å². The molecule has 1 fully saturated rings. The molecular weight excluding hydrogens is 678 g/mol. The van der Waals surface area contributed by atoms with Crippen molar-refractivity contribution in [3.63, 3.8) is 0 Å². The van der Waals surface area contributed by atoms with E-state index < -0.39 is 37.0 Å². The number of aromatic amines is 1. The van der Waals surface area contributed by atoms with E-state index >= 15 is 0 Å². The van der Waals surface area contributed by atoms with Crippen LogP contribution < -0.4 is 10.1 Å². The molecule has 0 amide bonds. The Hall–Kier alpha value is -4.44. The van der Waals surface area contributed by atoms with E-state index in [1.165, 1.54) is 11.6 Å². The van der Waals surface area contributed by atoms with Gasteiger partial charge in [-0.05, 0) is 53.3 Å². The van der Waals surface area contributed by atoms with Crippen molar-refractivity contribution in [3.05, 3.63) is 94.5 Å². The fourth-order valence-corrected chi connectivity index (χ4v) is 6.35.